The SMILES string of the molecule is O=C(NCCN1CCCCCC1=O)[C@H]1CCCN1C(=O)C1CCCC1. The van der Waals surface area contributed by atoms with E-state index < -0.39 is 0 Å². The number of hydrogen-bond donors (Lipinski definition) is 1. The molecule has 6 heteroatoms. The maximum absolute atomic E-state index is 12.7. The topological polar surface area (TPSA) is 69.7 Å². The molecule has 3 aliphatic rings. The molecule has 2 heterocycles. The van der Waals surface area contributed by atoms with Crippen LogP contribution in [-0.2, 0) is 14.4 Å². The third kappa shape index (κ3) is 4.53. The van der Waals surface area contributed by atoms with Crippen LogP contribution in [0.25, 0.3) is 0 Å². The highest BCUT2D eigenvalue weighted by Gasteiger charge is 2.37. The Balaban J connectivity index is 1.46. The lowest BCUT2D eigenvalue weighted by molar-refractivity contribution is -0.141. The average molecular weight is 349 g/mol. The number of hydrogen-bond acceptors (Lipinski definition) is 3. The van der Waals surface area contributed by atoms with Gasteiger partial charge in [0.2, 0.25) is 17.7 Å². The second-order valence-electron chi connectivity index (χ2n) is 7.65. The monoisotopic (exact) mass is 349 g/mol. The van der Waals surface area contributed by atoms with Crippen LogP contribution >= 0.6 is 0 Å². The van der Waals surface area contributed by atoms with Gasteiger partial charge in [-0.05, 0) is 38.5 Å². The van der Waals surface area contributed by atoms with Gasteiger partial charge in [-0.1, -0.05) is 19.3 Å². The number of nitrogens with one attached hydrogen (secondary N) is 1. The van der Waals surface area contributed by atoms with Crippen molar-refractivity contribution >= 4 is 17.7 Å². The van der Waals surface area contributed by atoms with Gasteiger partial charge in [-0.3, -0.25) is 14.4 Å². The van der Waals surface area contributed by atoms with Gasteiger partial charge in [0.15, 0.2) is 0 Å². The molecule has 1 aliphatic carbocycles. The van der Waals surface area contributed by atoms with Gasteiger partial charge in [0.1, 0.15) is 6.04 Å². The molecular weight excluding hydrogens is 318 g/mol. The summed E-state index contributed by atoms with van der Waals surface area (Å²) >= 11 is 0. The van der Waals surface area contributed by atoms with Crippen LogP contribution < -0.4 is 5.32 Å². The zero-order valence-corrected chi connectivity index (χ0v) is 15.2. The molecule has 2 saturated heterocycles. The van der Waals surface area contributed by atoms with E-state index in [1.54, 1.807) is 0 Å². The van der Waals surface area contributed by atoms with Crippen molar-refractivity contribution in [3.8, 4) is 0 Å². The predicted octanol–water partition coefficient (Wildman–Crippen LogP) is 1.69. The van der Waals surface area contributed by atoms with E-state index in [2.05, 4.69) is 5.32 Å². The van der Waals surface area contributed by atoms with Crippen molar-refractivity contribution in [3.63, 3.8) is 0 Å². The first-order valence-corrected chi connectivity index (χ1v) is 10.0. The lowest BCUT2D eigenvalue weighted by Crippen LogP contribution is -2.49. The molecule has 0 aromatic carbocycles. The van der Waals surface area contributed by atoms with Crippen LogP contribution in [0.1, 0.15) is 64.2 Å². The molecule has 1 atom stereocenters. The Morgan fingerprint density at radius 1 is 0.960 bits per heavy atom. The van der Waals surface area contributed by atoms with Crippen molar-refractivity contribution in [2.24, 2.45) is 5.92 Å². The quantitative estimate of drug-likeness (QED) is 0.821. The van der Waals surface area contributed by atoms with Crippen molar-refractivity contribution in [3.05, 3.63) is 0 Å². The van der Waals surface area contributed by atoms with Crippen molar-refractivity contribution in [2.75, 3.05) is 26.2 Å². The summed E-state index contributed by atoms with van der Waals surface area (Å²) in [5.41, 5.74) is 0. The molecule has 0 spiro atoms. The minimum Gasteiger partial charge on any atom is -0.353 e. The van der Waals surface area contributed by atoms with Crippen LogP contribution in [0.5, 0.6) is 0 Å². The van der Waals surface area contributed by atoms with E-state index in [1.165, 1.54) is 0 Å². The van der Waals surface area contributed by atoms with Gasteiger partial charge in [0.05, 0.1) is 0 Å². The minimum atomic E-state index is -0.312. The summed E-state index contributed by atoms with van der Waals surface area (Å²) in [5.74, 6) is 0.456. The van der Waals surface area contributed by atoms with E-state index in [0.717, 1.165) is 64.3 Å². The van der Waals surface area contributed by atoms with E-state index in [0.29, 0.717) is 26.1 Å². The van der Waals surface area contributed by atoms with Gasteiger partial charge in [0, 0.05) is 38.5 Å². The highest BCUT2D eigenvalue weighted by Crippen LogP contribution is 2.29. The molecule has 6 nitrogen and oxygen atoms in total. The standard InChI is InChI=1S/C19H31N3O3/c23-17-10-2-1-5-12-21(17)14-11-20-18(24)16-9-6-13-22(16)19(25)15-7-3-4-8-15/h15-16H,1-14H2,(H,20,24)/t16-/m1/s1. The van der Waals surface area contributed by atoms with E-state index in [-0.39, 0.29) is 29.7 Å². The number of amides is 3. The van der Waals surface area contributed by atoms with E-state index in [9.17, 15) is 14.4 Å². The van der Waals surface area contributed by atoms with Crippen molar-refractivity contribution < 1.29 is 14.4 Å². The highest BCUT2D eigenvalue weighted by atomic mass is 16.2. The van der Waals surface area contributed by atoms with E-state index in [1.807, 2.05) is 9.80 Å². The van der Waals surface area contributed by atoms with Crippen LogP contribution in [0, 0.1) is 5.92 Å². The molecule has 3 amide bonds. The first-order chi connectivity index (χ1) is 12.2. The first kappa shape index (κ1) is 18.2. The van der Waals surface area contributed by atoms with Crippen LogP contribution in [0.3, 0.4) is 0 Å². The Bertz CT molecular complexity index is 502. The molecule has 0 aromatic heterocycles. The summed E-state index contributed by atoms with van der Waals surface area (Å²) in [6.45, 7) is 2.56. The molecule has 3 fully saturated rings. The molecule has 3 rings (SSSR count). The average Bonchev–Trinajstić information content (AvgIpc) is 3.27. The number of likely N-dealkylation sites (tertiary alicyclic amines) is 2. The Labute approximate surface area is 150 Å². The normalized spacial score (nSPS) is 25.3. The molecular formula is C19H31N3O3. The third-order valence-corrected chi connectivity index (χ3v) is 5.90. The van der Waals surface area contributed by atoms with Crippen molar-refractivity contribution in [2.45, 2.75) is 70.3 Å². The Hall–Kier alpha value is -1.59. The van der Waals surface area contributed by atoms with Gasteiger partial charge >= 0.3 is 0 Å². The molecule has 0 unspecified atom stereocenters. The zero-order valence-electron chi connectivity index (χ0n) is 15.2. The Kier molecular flexibility index (Phi) is 6.32. The maximum Gasteiger partial charge on any atom is 0.242 e. The zero-order chi connectivity index (χ0) is 17.6. The predicted molar refractivity (Wildman–Crippen MR) is 94.8 cm³/mol. The Morgan fingerprint density at radius 2 is 1.76 bits per heavy atom. The molecule has 1 saturated carbocycles. The molecule has 0 aromatic rings. The van der Waals surface area contributed by atoms with E-state index in [4.69, 9.17) is 0 Å². The summed E-state index contributed by atoms with van der Waals surface area (Å²) in [4.78, 5) is 40.9. The lowest BCUT2D eigenvalue weighted by atomic mass is 10.1. The summed E-state index contributed by atoms with van der Waals surface area (Å²) < 4.78 is 0. The maximum atomic E-state index is 12.7. The van der Waals surface area contributed by atoms with Gasteiger partial charge in [-0.2, -0.15) is 0 Å². The molecule has 25 heavy (non-hydrogen) atoms. The summed E-state index contributed by atoms with van der Waals surface area (Å²) in [7, 11) is 0. The fourth-order valence-electron chi connectivity index (χ4n) is 4.42. The fraction of sp³-hybridized carbons (Fsp3) is 0.842. The molecule has 140 valence electrons. The Morgan fingerprint density at radius 3 is 2.56 bits per heavy atom. The number of nitrogens with zero attached hydrogens (tertiary/aromatic N) is 2. The molecule has 0 radical (unpaired) electrons. The van der Waals surface area contributed by atoms with Gasteiger partial charge in [-0.15, -0.1) is 0 Å². The lowest BCUT2D eigenvalue weighted by Gasteiger charge is -2.27. The minimum absolute atomic E-state index is 0.0499. The van der Waals surface area contributed by atoms with Gasteiger partial charge in [0.25, 0.3) is 0 Å². The largest absolute Gasteiger partial charge is 0.353 e. The second kappa shape index (κ2) is 8.68. The molecule has 1 N–H and O–H groups in total. The number of rotatable bonds is 5. The van der Waals surface area contributed by atoms with Gasteiger partial charge in [-0.25, -0.2) is 0 Å². The van der Waals surface area contributed by atoms with Crippen LogP contribution in [0.15, 0.2) is 0 Å². The molecule has 0 bridgehead atoms. The third-order valence-electron chi connectivity index (χ3n) is 5.90. The van der Waals surface area contributed by atoms with Crippen LogP contribution in [-0.4, -0.2) is 59.7 Å². The molecule has 2 aliphatic heterocycles. The number of carbonyl (C=O) groups is 3. The van der Waals surface area contributed by atoms with Crippen LogP contribution in [0.4, 0.5) is 0 Å². The summed E-state index contributed by atoms with van der Waals surface area (Å²) in [6, 6.07) is -0.312. The fourth-order valence-corrected chi connectivity index (χ4v) is 4.42. The van der Waals surface area contributed by atoms with Crippen molar-refractivity contribution in [1.82, 2.24) is 15.1 Å². The highest BCUT2D eigenvalue weighted by molar-refractivity contribution is 5.89. The van der Waals surface area contributed by atoms with Crippen molar-refractivity contribution in [1.29, 1.82) is 0 Å². The first-order valence-electron chi connectivity index (χ1n) is 10.0. The smallest absolute Gasteiger partial charge is 0.242 e. The van der Waals surface area contributed by atoms with E-state index >= 15 is 0 Å². The second-order valence-corrected chi connectivity index (χ2v) is 7.65. The van der Waals surface area contributed by atoms with Crippen LogP contribution in [0.2, 0.25) is 0 Å². The number of carbonyl (C=O) groups excluding carboxylic acids is 3. The summed E-state index contributed by atoms with van der Waals surface area (Å²) in [5, 5.41) is 2.96. The van der Waals surface area contributed by atoms with Gasteiger partial charge < -0.3 is 15.1 Å². The summed E-state index contributed by atoms with van der Waals surface area (Å²) in [6.07, 6.45) is 9.62.